The summed E-state index contributed by atoms with van der Waals surface area (Å²) in [5.41, 5.74) is 8.79. The minimum Gasteiger partial charge on any atom is -0.441 e. The van der Waals surface area contributed by atoms with Gasteiger partial charge in [-0.15, -0.1) is 0 Å². The van der Waals surface area contributed by atoms with Gasteiger partial charge in [-0.2, -0.15) is 0 Å². The topological polar surface area (TPSA) is 52.0 Å². The molecule has 0 atom stereocenters. The number of fused-ring (bicyclic) bond motifs is 1. The average Bonchev–Trinajstić information content (AvgIpc) is 2.75. The Morgan fingerprint density at radius 1 is 1.16 bits per heavy atom. The average molecular weight is 260 g/mol. The second-order valence-corrected chi connectivity index (χ2v) is 6.14. The van der Waals surface area contributed by atoms with Gasteiger partial charge in [-0.25, -0.2) is 4.98 Å². The van der Waals surface area contributed by atoms with Crippen LogP contribution in [-0.2, 0) is 11.8 Å². The van der Waals surface area contributed by atoms with E-state index >= 15 is 0 Å². The lowest BCUT2D eigenvalue weighted by Gasteiger charge is -2.18. The summed E-state index contributed by atoms with van der Waals surface area (Å²) in [7, 11) is 0. The largest absolute Gasteiger partial charge is 0.441 e. The molecule has 0 aliphatic rings. The van der Waals surface area contributed by atoms with Crippen molar-refractivity contribution in [2.45, 2.75) is 51.9 Å². The Kier molecular flexibility index (Phi) is 4.25. The van der Waals surface area contributed by atoms with Gasteiger partial charge in [-0.1, -0.05) is 33.3 Å². The van der Waals surface area contributed by atoms with Gasteiger partial charge in [0.15, 0.2) is 11.5 Å². The second kappa shape index (κ2) is 5.74. The number of oxazole rings is 1. The zero-order valence-electron chi connectivity index (χ0n) is 12.2. The summed E-state index contributed by atoms with van der Waals surface area (Å²) < 4.78 is 5.77. The molecule has 0 saturated carbocycles. The maximum absolute atomic E-state index is 5.77. The van der Waals surface area contributed by atoms with E-state index in [9.17, 15) is 0 Å². The first-order valence-corrected chi connectivity index (χ1v) is 7.11. The molecular formula is C16H24N2O. The van der Waals surface area contributed by atoms with Crippen molar-refractivity contribution in [1.29, 1.82) is 0 Å². The summed E-state index contributed by atoms with van der Waals surface area (Å²) in [6.07, 6.45) is 4.21. The van der Waals surface area contributed by atoms with Gasteiger partial charge in [0.2, 0.25) is 0 Å². The van der Waals surface area contributed by atoms with Gasteiger partial charge in [-0.05, 0) is 42.5 Å². The standard InChI is InChI=1S/C16H24N2O/c1-16(2,3)12-8-9-14-13(11-12)18-15(19-14)7-5-4-6-10-17/h8-9,11H,4-7,10,17H2,1-3H3. The lowest BCUT2D eigenvalue weighted by molar-refractivity contribution is 0.511. The van der Waals surface area contributed by atoms with Crippen LogP contribution in [0.2, 0.25) is 0 Å². The summed E-state index contributed by atoms with van der Waals surface area (Å²) >= 11 is 0. The molecule has 0 bridgehead atoms. The van der Waals surface area contributed by atoms with E-state index in [2.05, 4.69) is 37.9 Å². The molecule has 2 aromatic rings. The van der Waals surface area contributed by atoms with E-state index < -0.39 is 0 Å². The number of hydrogen-bond acceptors (Lipinski definition) is 3. The zero-order valence-corrected chi connectivity index (χ0v) is 12.2. The van der Waals surface area contributed by atoms with E-state index in [-0.39, 0.29) is 5.41 Å². The van der Waals surface area contributed by atoms with Crippen molar-refractivity contribution in [3.63, 3.8) is 0 Å². The molecule has 2 rings (SSSR count). The molecule has 1 aromatic heterocycles. The van der Waals surface area contributed by atoms with Crippen LogP contribution in [0.25, 0.3) is 11.1 Å². The minimum atomic E-state index is 0.147. The highest BCUT2D eigenvalue weighted by Gasteiger charge is 2.15. The third-order valence-corrected chi connectivity index (χ3v) is 3.39. The quantitative estimate of drug-likeness (QED) is 0.832. The van der Waals surface area contributed by atoms with Crippen LogP contribution in [0.1, 0.15) is 51.5 Å². The Hall–Kier alpha value is -1.35. The number of nitrogens with two attached hydrogens (primary N) is 1. The first-order chi connectivity index (χ1) is 9.00. The Morgan fingerprint density at radius 3 is 2.63 bits per heavy atom. The maximum Gasteiger partial charge on any atom is 0.195 e. The van der Waals surface area contributed by atoms with Gasteiger partial charge in [0, 0.05) is 6.42 Å². The summed E-state index contributed by atoms with van der Waals surface area (Å²) in [6, 6.07) is 6.31. The predicted octanol–water partition coefficient (Wildman–Crippen LogP) is 3.80. The fraction of sp³-hybridized carbons (Fsp3) is 0.562. The number of hydrogen-bond donors (Lipinski definition) is 1. The smallest absolute Gasteiger partial charge is 0.195 e. The predicted molar refractivity (Wildman–Crippen MR) is 79.3 cm³/mol. The van der Waals surface area contributed by atoms with Gasteiger partial charge in [-0.3, -0.25) is 0 Å². The molecule has 19 heavy (non-hydrogen) atoms. The molecule has 0 radical (unpaired) electrons. The van der Waals surface area contributed by atoms with Crippen molar-refractivity contribution in [3.8, 4) is 0 Å². The molecule has 3 nitrogen and oxygen atoms in total. The Labute approximate surface area is 115 Å². The SMILES string of the molecule is CC(C)(C)c1ccc2oc(CCCCCN)nc2c1. The van der Waals surface area contributed by atoms with Crippen LogP contribution in [0.15, 0.2) is 22.6 Å². The van der Waals surface area contributed by atoms with Crippen LogP contribution in [0.4, 0.5) is 0 Å². The van der Waals surface area contributed by atoms with Crippen LogP contribution < -0.4 is 5.73 Å². The highest BCUT2D eigenvalue weighted by molar-refractivity contribution is 5.73. The van der Waals surface area contributed by atoms with Crippen molar-refractivity contribution in [1.82, 2.24) is 4.98 Å². The van der Waals surface area contributed by atoms with Crippen LogP contribution in [0.5, 0.6) is 0 Å². The molecule has 0 saturated heterocycles. The Morgan fingerprint density at radius 2 is 1.95 bits per heavy atom. The summed E-state index contributed by atoms with van der Waals surface area (Å²) in [5, 5.41) is 0. The molecule has 104 valence electrons. The first kappa shape index (κ1) is 14.1. The normalized spacial score (nSPS) is 12.2. The Bertz CT molecular complexity index is 537. The summed E-state index contributed by atoms with van der Waals surface area (Å²) in [6.45, 7) is 7.40. The molecule has 0 fully saturated rings. The highest BCUT2D eigenvalue weighted by Crippen LogP contribution is 2.26. The molecule has 0 aliphatic heterocycles. The first-order valence-electron chi connectivity index (χ1n) is 7.11. The highest BCUT2D eigenvalue weighted by atomic mass is 16.3. The second-order valence-electron chi connectivity index (χ2n) is 6.14. The van der Waals surface area contributed by atoms with Crippen LogP contribution in [0, 0.1) is 0 Å². The van der Waals surface area contributed by atoms with Crippen LogP contribution in [-0.4, -0.2) is 11.5 Å². The Balaban J connectivity index is 2.12. The molecule has 1 aromatic carbocycles. The number of nitrogens with zero attached hydrogens (tertiary/aromatic N) is 1. The van der Waals surface area contributed by atoms with E-state index in [1.807, 2.05) is 6.07 Å². The van der Waals surface area contributed by atoms with Crippen molar-refractivity contribution >= 4 is 11.1 Å². The van der Waals surface area contributed by atoms with E-state index in [1.165, 1.54) is 5.56 Å². The van der Waals surface area contributed by atoms with Crippen molar-refractivity contribution in [2.75, 3.05) is 6.54 Å². The molecule has 0 aliphatic carbocycles. The molecule has 0 unspecified atom stereocenters. The van der Waals surface area contributed by atoms with Gasteiger partial charge >= 0.3 is 0 Å². The van der Waals surface area contributed by atoms with Crippen molar-refractivity contribution < 1.29 is 4.42 Å². The molecule has 3 heteroatoms. The van der Waals surface area contributed by atoms with Gasteiger partial charge in [0.1, 0.15) is 5.52 Å². The van der Waals surface area contributed by atoms with Crippen LogP contribution in [0.3, 0.4) is 0 Å². The molecule has 1 heterocycles. The minimum absolute atomic E-state index is 0.147. The van der Waals surface area contributed by atoms with Gasteiger partial charge < -0.3 is 10.2 Å². The van der Waals surface area contributed by atoms with Gasteiger partial charge in [0.25, 0.3) is 0 Å². The van der Waals surface area contributed by atoms with E-state index in [0.717, 1.165) is 49.2 Å². The van der Waals surface area contributed by atoms with E-state index in [0.29, 0.717) is 0 Å². The molecule has 2 N–H and O–H groups in total. The van der Waals surface area contributed by atoms with Gasteiger partial charge in [0.05, 0.1) is 0 Å². The third kappa shape index (κ3) is 3.57. The number of benzene rings is 1. The zero-order chi connectivity index (χ0) is 13.9. The monoisotopic (exact) mass is 260 g/mol. The maximum atomic E-state index is 5.77. The fourth-order valence-corrected chi connectivity index (χ4v) is 2.15. The number of aryl methyl sites for hydroxylation is 1. The molecule has 0 amide bonds. The van der Waals surface area contributed by atoms with E-state index in [1.54, 1.807) is 0 Å². The van der Waals surface area contributed by atoms with E-state index in [4.69, 9.17) is 10.2 Å². The van der Waals surface area contributed by atoms with Crippen molar-refractivity contribution in [3.05, 3.63) is 29.7 Å². The lowest BCUT2D eigenvalue weighted by Crippen LogP contribution is -2.10. The van der Waals surface area contributed by atoms with Crippen LogP contribution >= 0.6 is 0 Å². The number of rotatable bonds is 5. The number of aromatic nitrogens is 1. The third-order valence-electron chi connectivity index (χ3n) is 3.39. The number of unbranched alkanes of at least 4 members (excludes halogenated alkanes) is 2. The molecular weight excluding hydrogens is 236 g/mol. The molecule has 0 spiro atoms. The lowest BCUT2D eigenvalue weighted by atomic mass is 9.87. The van der Waals surface area contributed by atoms with Crippen molar-refractivity contribution in [2.24, 2.45) is 5.73 Å². The fourth-order valence-electron chi connectivity index (χ4n) is 2.15. The summed E-state index contributed by atoms with van der Waals surface area (Å²) in [5.74, 6) is 0.845. The summed E-state index contributed by atoms with van der Waals surface area (Å²) in [4.78, 5) is 4.59.